The van der Waals surface area contributed by atoms with E-state index < -0.39 is 4.92 Å². The van der Waals surface area contributed by atoms with Crippen molar-refractivity contribution < 1.29 is 9.72 Å². The van der Waals surface area contributed by atoms with E-state index in [0.717, 1.165) is 23.4 Å². The summed E-state index contributed by atoms with van der Waals surface area (Å²) in [7, 11) is 0. The third-order valence-corrected chi connectivity index (χ3v) is 6.22. The first-order valence-corrected chi connectivity index (χ1v) is 12.3. The van der Waals surface area contributed by atoms with Crippen molar-refractivity contribution >= 4 is 29.1 Å². The number of nitro groups is 1. The van der Waals surface area contributed by atoms with Crippen molar-refractivity contribution in [3.8, 4) is 17.1 Å². The zero-order valence-electron chi connectivity index (χ0n) is 19.6. The van der Waals surface area contributed by atoms with Crippen molar-refractivity contribution in [2.45, 2.75) is 24.9 Å². The molecule has 9 nitrogen and oxygen atoms in total. The Morgan fingerprint density at radius 2 is 1.75 bits per heavy atom. The topological polar surface area (TPSA) is 115 Å². The molecule has 182 valence electrons. The summed E-state index contributed by atoms with van der Waals surface area (Å²) in [5.41, 5.74) is 5.93. The minimum absolute atomic E-state index is 0.0382. The average molecular weight is 501 g/mol. The summed E-state index contributed by atoms with van der Waals surface area (Å²) in [4.78, 5) is 23.4. The van der Waals surface area contributed by atoms with Gasteiger partial charge in [0.25, 0.3) is 11.6 Å². The number of nitro benzene ring substituents is 1. The van der Waals surface area contributed by atoms with Gasteiger partial charge in [0.15, 0.2) is 11.0 Å². The second-order valence-corrected chi connectivity index (χ2v) is 8.74. The predicted molar refractivity (Wildman–Crippen MR) is 140 cm³/mol. The molecule has 3 aromatic carbocycles. The maximum absolute atomic E-state index is 12.6. The first kappa shape index (κ1) is 24.8. The number of hydrazone groups is 1. The Morgan fingerprint density at radius 1 is 1.03 bits per heavy atom. The van der Waals surface area contributed by atoms with Gasteiger partial charge >= 0.3 is 0 Å². The number of aromatic nitrogens is 3. The number of nitrogens with zero attached hydrogens (tertiary/aromatic N) is 5. The van der Waals surface area contributed by atoms with E-state index in [-0.39, 0.29) is 17.3 Å². The Bertz CT molecular complexity index is 1370. The van der Waals surface area contributed by atoms with Crippen molar-refractivity contribution in [3.63, 3.8) is 0 Å². The molecule has 0 aliphatic rings. The van der Waals surface area contributed by atoms with Gasteiger partial charge < -0.3 is 0 Å². The van der Waals surface area contributed by atoms with Crippen molar-refractivity contribution in [1.82, 2.24) is 20.2 Å². The number of amides is 1. The molecule has 0 atom stereocenters. The van der Waals surface area contributed by atoms with E-state index in [1.165, 1.54) is 23.9 Å². The molecule has 0 radical (unpaired) electrons. The molecule has 0 aliphatic carbocycles. The molecule has 1 heterocycles. The van der Waals surface area contributed by atoms with Crippen molar-refractivity contribution in [1.29, 1.82) is 0 Å². The Hall–Kier alpha value is -4.31. The smallest absolute Gasteiger partial charge is 0.270 e. The van der Waals surface area contributed by atoms with E-state index in [9.17, 15) is 14.9 Å². The molecule has 1 aromatic heterocycles. The molecule has 36 heavy (non-hydrogen) atoms. The van der Waals surface area contributed by atoms with Crippen LogP contribution in [0.1, 0.15) is 18.9 Å². The number of non-ortho nitro benzene ring substituents is 1. The maximum atomic E-state index is 12.6. The standard InChI is InChI=1S/C26H24N6O3S/c1-2-21(16-19-10-5-3-6-11-19)27-28-24(33)18-36-26-30-29-25(31(26)22-13-7-4-8-14-22)20-12-9-15-23(17-20)32(34)35/h3-15,17H,2,16,18H2,1H3,(H,28,33)/b27-21+. The lowest BCUT2D eigenvalue weighted by Gasteiger charge is -2.10. The zero-order valence-corrected chi connectivity index (χ0v) is 20.4. The first-order valence-electron chi connectivity index (χ1n) is 11.3. The summed E-state index contributed by atoms with van der Waals surface area (Å²) in [5.74, 6) is 0.256. The van der Waals surface area contributed by atoms with Gasteiger partial charge in [-0.3, -0.25) is 19.5 Å². The molecule has 0 aliphatic heterocycles. The molecule has 0 bridgehead atoms. The molecule has 0 unspecified atom stereocenters. The third-order valence-electron chi connectivity index (χ3n) is 5.29. The number of nitrogens with one attached hydrogen (secondary N) is 1. The minimum atomic E-state index is -0.449. The van der Waals surface area contributed by atoms with Gasteiger partial charge in [0.2, 0.25) is 0 Å². The lowest BCUT2D eigenvalue weighted by atomic mass is 10.1. The van der Waals surface area contributed by atoms with Crippen LogP contribution in [0.2, 0.25) is 0 Å². The molecule has 10 heteroatoms. The Labute approximate surface area is 212 Å². The highest BCUT2D eigenvalue weighted by Crippen LogP contribution is 2.29. The molecule has 0 fully saturated rings. The van der Waals surface area contributed by atoms with E-state index in [2.05, 4.69) is 20.7 Å². The Balaban J connectivity index is 1.52. The van der Waals surface area contributed by atoms with E-state index in [1.54, 1.807) is 16.7 Å². The molecule has 1 N–H and O–H groups in total. The van der Waals surface area contributed by atoms with E-state index in [1.807, 2.05) is 67.6 Å². The number of rotatable bonds is 10. The first-order chi connectivity index (χ1) is 17.5. The fourth-order valence-electron chi connectivity index (χ4n) is 3.50. The average Bonchev–Trinajstić information content (AvgIpc) is 3.35. The third kappa shape index (κ3) is 6.22. The summed E-state index contributed by atoms with van der Waals surface area (Å²) < 4.78 is 1.78. The number of hydrogen-bond donors (Lipinski definition) is 1. The maximum Gasteiger partial charge on any atom is 0.270 e. The zero-order chi connectivity index (χ0) is 25.3. The van der Waals surface area contributed by atoms with Gasteiger partial charge in [-0.15, -0.1) is 10.2 Å². The predicted octanol–water partition coefficient (Wildman–Crippen LogP) is 5.06. The van der Waals surface area contributed by atoms with Crippen LogP contribution in [0.25, 0.3) is 17.1 Å². The summed E-state index contributed by atoms with van der Waals surface area (Å²) >= 11 is 1.21. The highest BCUT2D eigenvalue weighted by atomic mass is 32.2. The van der Waals surface area contributed by atoms with Crippen LogP contribution < -0.4 is 5.43 Å². The molecule has 4 aromatic rings. The number of hydrogen-bond acceptors (Lipinski definition) is 7. The highest BCUT2D eigenvalue weighted by Gasteiger charge is 2.19. The Morgan fingerprint density at radius 3 is 2.44 bits per heavy atom. The monoisotopic (exact) mass is 500 g/mol. The number of carbonyl (C=O) groups is 1. The Kier molecular flexibility index (Phi) is 8.20. The van der Waals surface area contributed by atoms with Crippen LogP contribution in [0.3, 0.4) is 0 Å². The molecule has 0 saturated heterocycles. The lowest BCUT2D eigenvalue weighted by molar-refractivity contribution is -0.384. The summed E-state index contributed by atoms with van der Waals surface area (Å²) in [5, 5.41) is 24.6. The van der Waals surface area contributed by atoms with E-state index >= 15 is 0 Å². The van der Waals surface area contributed by atoms with E-state index in [0.29, 0.717) is 23.0 Å². The van der Waals surface area contributed by atoms with Crippen LogP contribution in [0, 0.1) is 10.1 Å². The van der Waals surface area contributed by atoms with Crippen LogP contribution in [-0.4, -0.2) is 37.1 Å². The van der Waals surface area contributed by atoms with Gasteiger partial charge in [-0.2, -0.15) is 5.10 Å². The van der Waals surface area contributed by atoms with Gasteiger partial charge in [0.1, 0.15) is 0 Å². The minimum Gasteiger partial charge on any atom is -0.272 e. The van der Waals surface area contributed by atoms with Gasteiger partial charge in [0.05, 0.1) is 10.7 Å². The molecular formula is C26H24N6O3S. The van der Waals surface area contributed by atoms with Gasteiger partial charge in [-0.1, -0.05) is 79.3 Å². The van der Waals surface area contributed by atoms with E-state index in [4.69, 9.17) is 0 Å². The van der Waals surface area contributed by atoms with Gasteiger partial charge in [-0.25, -0.2) is 5.43 Å². The molecule has 0 saturated carbocycles. The number of benzene rings is 3. The lowest BCUT2D eigenvalue weighted by Crippen LogP contribution is -2.22. The van der Waals surface area contributed by atoms with Crippen LogP contribution in [0.4, 0.5) is 5.69 Å². The highest BCUT2D eigenvalue weighted by molar-refractivity contribution is 7.99. The number of para-hydroxylation sites is 1. The summed E-state index contributed by atoms with van der Waals surface area (Å²) in [6, 6.07) is 25.6. The van der Waals surface area contributed by atoms with Crippen LogP contribution in [0.15, 0.2) is 95.2 Å². The van der Waals surface area contributed by atoms with Crippen LogP contribution in [0.5, 0.6) is 0 Å². The van der Waals surface area contributed by atoms with Crippen LogP contribution >= 0.6 is 11.8 Å². The van der Waals surface area contributed by atoms with Crippen molar-refractivity contribution in [2.24, 2.45) is 5.10 Å². The largest absolute Gasteiger partial charge is 0.272 e. The quantitative estimate of drug-likeness (QED) is 0.141. The van der Waals surface area contributed by atoms with Crippen molar-refractivity contribution in [2.75, 3.05) is 5.75 Å². The second kappa shape index (κ2) is 11.9. The second-order valence-electron chi connectivity index (χ2n) is 7.80. The number of carbonyl (C=O) groups excluding carboxylic acids is 1. The van der Waals surface area contributed by atoms with Gasteiger partial charge in [0, 0.05) is 35.5 Å². The molecule has 0 spiro atoms. The number of thioether (sulfide) groups is 1. The summed E-state index contributed by atoms with van der Waals surface area (Å²) in [6.07, 6.45) is 1.39. The van der Waals surface area contributed by atoms with Crippen LogP contribution in [-0.2, 0) is 11.2 Å². The molecule has 1 amide bonds. The summed E-state index contributed by atoms with van der Waals surface area (Å²) in [6.45, 7) is 2.00. The van der Waals surface area contributed by atoms with Crippen molar-refractivity contribution in [3.05, 3.63) is 101 Å². The fraction of sp³-hybridized carbons (Fsp3) is 0.154. The van der Waals surface area contributed by atoms with Gasteiger partial charge in [-0.05, 0) is 24.1 Å². The molecule has 4 rings (SSSR count). The normalized spacial score (nSPS) is 11.3. The SMILES string of the molecule is CC/C(Cc1ccccc1)=N\NC(=O)CSc1nnc(-c2cccc([N+](=O)[O-])c2)n1-c1ccccc1. The molecular weight excluding hydrogens is 476 g/mol. The fourth-order valence-corrected chi connectivity index (χ4v) is 4.24.